The minimum absolute atomic E-state index is 0.0183. The number of unbranched alkanes of at least 4 members (excludes halogenated alkanes) is 16. The van der Waals surface area contributed by atoms with Crippen molar-refractivity contribution < 1.29 is 50.9 Å². The van der Waals surface area contributed by atoms with Crippen molar-refractivity contribution in [1.82, 2.24) is 0 Å². The summed E-state index contributed by atoms with van der Waals surface area (Å²) in [7, 11) is 1.43. The van der Waals surface area contributed by atoms with Gasteiger partial charge in [0.05, 0.1) is 27.7 Å². The molecule has 0 aliphatic heterocycles. The van der Waals surface area contributed by atoms with E-state index in [0.717, 1.165) is 107 Å². The van der Waals surface area contributed by atoms with Gasteiger partial charge in [-0.3, -0.25) is 18.6 Å². The molecular formula is C49H87NO10P+. The molecule has 0 aromatic carbocycles. The molecule has 0 fully saturated rings. The van der Waals surface area contributed by atoms with Gasteiger partial charge in [-0.2, -0.15) is 0 Å². The van der Waals surface area contributed by atoms with Crippen LogP contribution in [0, 0.1) is 20.8 Å². The molecule has 0 saturated carbocycles. The van der Waals surface area contributed by atoms with E-state index < -0.39 is 26.5 Å². The van der Waals surface area contributed by atoms with Crippen LogP contribution < -0.4 is 0 Å². The Kier molecular flexibility index (Phi) is 28.2. The second-order valence-electron chi connectivity index (χ2n) is 18.3. The molecule has 2 atom stereocenters. The molecule has 1 N–H and O–H groups in total. The number of hydrogen-bond donors (Lipinski definition) is 1. The van der Waals surface area contributed by atoms with Gasteiger partial charge in [0, 0.05) is 38.5 Å². The van der Waals surface area contributed by atoms with Crippen LogP contribution in [0.3, 0.4) is 0 Å². The van der Waals surface area contributed by atoms with Crippen molar-refractivity contribution in [2.24, 2.45) is 0 Å². The topological polar surface area (TPSA) is 135 Å². The quantitative estimate of drug-likeness (QED) is 0.0300. The maximum atomic E-state index is 12.8. The third-order valence-corrected chi connectivity index (χ3v) is 12.5. The van der Waals surface area contributed by atoms with E-state index in [2.05, 4.69) is 40.7 Å². The van der Waals surface area contributed by atoms with Crippen LogP contribution >= 0.6 is 7.82 Å². The summed E-state index contributed by atoms with van der Waals surface area (Å²) in [4.78, 5) is 35.7. The molecule has 2 heterocycles. The van der Waals surface area contributed by atoms with Crippen LogP contribution in [-0.2, 0) is 58.4 Å². The maximum Gasteiger partial charge on any atom is 0.472 e. The molecule has 0 amide bonds. The van der Waals surface area contributed by atoms with Crippen LogP contribution in [0.5, 0.6) is 0 Å². The Morgan fingerprint density at radius 1 is 0.623 bits per heavy atom. The predicted octanol–water partition coefficient (Wildman–Crippen LogP) is 12.6. The van der Waals surface area contributed by atoms with E-state index in [1.165, 1.54) is 74.5 Å². The monoisotopic (exact) mass is 881 g/mol. The number of rotatable bonds is 38. The van der Waals surface area contributed by atoms with Gasteiger partial charge >= 0.3 is 19.8 Å². The SMILES string of the molecule is CCCCCc1cc(C)c(CCCCCCCCCCC(=O)OCC(COP(=O)(O)OCC[N+](C)(C)C)OC(=O)CCCCCCCCc2oc(CCCCC)c(C)c2C)o1. The smallest absolute Gasteiger partial charge is 0.466 e. The molecule has 2 rings (SSSR count). The molecule has 2 unspecified atom stereocenters. The Hall–Kier alpha value is -2.43. The summed E-state index contributed by atoms with van der Waals surface area (Å²) < 4.78 is 46.8. The first-order valence-electron chi connectivity index (χ1n) is 24.1. The highest BCUT2D eigenvalue weighted by atomic mass is 31.2. The van der Waals surface area contributed by atoms with Crippen molar-refractivity contribution in [2.75, 3.05) is 47.5 Å². The zero-order valence-corrected chi connectivity index (χ0v) is 40.8. The lowest BCUT2D eigenvalue weighted by molar-refractivity contribution is -0.870. The van der Waals surface area contributed by atoms with Crippen molar-refractivity contribution in [3.63, 3.8) is 0 Å². The molecule has 0 radical (unpaired) electrons. The number of carbonyl (C=O) groups is 2. The summed E-state index contributed by atoms with van der Waals surface area (Å²) in [5.74, 6) is 3.71. The van der Waals surface area contributed by atoms with Gasteiger partial charge in [0.15, 0.2) is 6.10 Å². The second kappa shape index (κ2) is 31.4. The summed E-state index contributed by atoms with van der Waals surface area (Å²) in [5.41, 5.74) is 3.88. The Morgan fingerprint density at radius 2 is 1.10 bits per heavy atom. The highest BCUT2D eigenvalue weighted by Gasteiger charge is 2.27. The number of aryl methyl sites for hydroxylation is 5. The number of nitrogens with zero attached hydrogens (tertiary/aromatic N) is 1. The van der Waals surface area contributed by atoms with Crippen molar-refractivity contribution in [3.05, 3.63) is 45.8 Å². The molecular weight excluding hydrogens is 794 g/mol. The van der Waals surface area contributed by atoms with Crippen LogP contribution in [0.25, 0.3) is 0 Å². The van der Waals surface area contributed by atoms with E-state index in [1.54, 1.807) is 0 Å². The summed E-state index contributed by atoms with van der Waals surface area (Å²) in [6.45, 7) is 10.8. The summed E-state index contributed by atoms with van der Waals surface area (Å²) in [5, 5.41) is 0. The lowest BCUT2D eigenvalue weighted by atomic mass is 10.0. The fraction of sp³-hybridized carbons (Fsp3) is 0.796. The molecule has 352 valence electrons. The zero-order chi connectivity index (χ0) is 44.9. The molecule has 0 aliphatic rings. The van der Waals surface area contributed by atoms with Gasteiger partial charge in [-0.15, -0.1) is 0 Å². The first-order valence-corrected chi connectivity index (χ1v) is 25.6. The molecule has 0 spiro atoms. The van der Waals surface area contributed by atoms with Crippen molar-refractivity contribution in [1.29, 1.82) is 0 Å². The third kappa shape index (κ3) is 26.1. The van der Waals surface area contributed by atoms with Crippen LogP contribution in [0.2, 0.25) is 0 Å². The van der Waals surface area contributed by atoms with Crippen LogP contribution in [0.15, 0.2) is 14.9 Å². The van der Waals surface area contributed by atoms with Gasteiger partial charge in [0.1, 0.15) is 42.8 Å². The number of likely N-dealkylation sites (N-methyl/N-ethyl adjacent to an activating group) is 1. The number of phosphoric acid groups is 1. The molecule has 0 bridgehead atoms. The predicted molar refractivity (Wildman–Crippen MR) is 245 cm³/mol. The minimum atomic E-state index is -4.40. The van der Waals surface area contributed by atoms with Crippen LogP contribution in [0.4, 0.5) is 0 Å². The molecule has 2 aromatic rings. The van der Waals surface area contributed by atoms with Crippen molar-refractivity contribution in [2.45, 2.75) is 208 Å². The van der Waals surface area contributed by atoms with Crippen molar-refractivity contribution in [3.8, 4) is 0 Å². The van der Waals surface area contributed by atoms with Gasteiger partial charge in [-0.1, -0.05) is 104 Å². The van der Waals surface area contributed by atoms with E-state index in [4.69, 9.17) is 27.4 Å². The molecule has 0 saturated heterocycles. The van der Waals surface area contributed by atoms with E-state index in [9.17, 15) is 19.0 Å². The van der Waals surface area contributed by atoms with E-state index in [-0.39, 0.29) is 32.0 Å². The van der Waals surface area contributed by atoms with Gasteiger partial charge in [-0.25, -0.2) is 4.57 Å². The number of phosphoric ester groups is 1. The average molecular weight is 881 g/mol. The second-order valence-corrected chi connectivity index (χ2v) is 19.7. The Balaban J connectivity index is 1.66. The highest BCUT2D eigenvalue weighted by Crippen LogP contribution is 2.43. The van der Waals surface area contributed by atoms with E-state index in [0.29, 0.717) is 23.9 Å². The molecule has 2 aromatic heterocycles. The highest BCUT2D eigenvalue weighted by molar-refractivity contribution is 7.47. The van der Waals surface area contributed by atoms with E-state index in [1.807, 2.05) is 21.1 Å². The lowest BCUT2D eigenvalue weighted by Crippen LogP contribution is -2.37. The van der Waals surface area contributed by atoms with Gasteiger partial charge in [0.25, 0.3) is 0 Å². The first kappa shape index (κ1) is 54.7. The Morgan fingerprint density at radius 3 is 1.64 bits per heavy atom. The third-order valence-electron chi connectivity index (χ3n) is 11.5. The molecule has 12 heteroatoms. The van der Waals surface area contributed by atoms with Gasteiger partial charge in [0.2, 0.25) is 0 Å². The average Bonchev–Trinajstić information content (AvgIpc) is 3.69. The minimum Gasteiger partial charge on any atom is -0.466 e. The zero-order valence-electron chi connectivity index (χ0n) is 39.9. The maximum absolute atomic E-state index is 12.8. The number of hydrogen-bond acceptors (Lipinski definition) is 9. The first-order chi connectivity index (χ1) is 29.1. The summed E-state index contributed by atoms with van der Waals surface area (Å²) in [6.07, 6.45) is 25.1. The van der Waals surface area contributed by atoms with Gasteiger partial charge in [-0.05, 0) is 82.1 Å². The largest absolute Gasteiger partial charge is 0.472 e. The van der Waals surface area contributed by atoms with E-state index >= 15 is 0 Å². The Bertz CT molecular complexity index is 1530. The molecule has 0 aliphatic carbocycles. The number of furan rings is 2. The van der Waals surface area contributed by atoms with Gasteiger partial charge < -0.3 is 27.7 Å². The Labute approximate surface area is 370 Å². The van der Waals surface area contributed by atoms with Crippen LogP contribution in [0.1, 0.15) is 195 Å². The lowest BCUT2D eigenvalue weighted by Gasteiger charge is -2.24. The molecule has 61 heavy (non-hydrogen) atoms. The van der Waals surface area contributed by atoms with Crippen molar-refractivity contribution >= 4 is 19.8 Å². The summed E-state index contributed by atoms with van der Waals surface area (Å²) in [6, 6.07) is 2.21. The number of esters is 2. The summed E-state index contributed by atoms with van der Waals surface area (Å²) >= 11 is 0. The number of quaternary nitrogens is 1. The fourth-order valence-corrected chi connectivity index (χ4v) is 8.13. The standard InChI is InChI=1S/C49H86NO10P/c1-9-11-23-29-43-37-40(3)45(58-43)30-25-19-15-13-14-16-21-27-33-48(51)55-38-44(39-57-61(53,54)56-36-35-50(6,7)8)59-49(52)34-28-22-18-17-20-26-32-47-42(5)41(4)46(60-47)31-24-12-10-2/h37,44H,9-36,38-39H2,1-8H3/p+1. The molecule has 11 nitrogen and oxygen atoms in total. The normalized spacial score (nSPS) is 13.4. The fourth-order valence-electron chi connectivity index (χ4n) is 7.38. The van der Waals surface area contributed by atoms with Crippen LogP contribution in [-0.4, -0.2) is 74.9 Å². The number of carbonyl (C=O) groups excluding carboxylic acids is 2. The number of ether oxygens (including phenoxy) is 2.